The molecule has 1 aromatic rings. The lowest BCUT2D eigenvalue weighted by Gasteiger charge is -2.08. The minimum atomic E-state index is -0.432. The number of nitrogens with two attached hydrogens (primary N) is 1. The van der Waals surface area contributed by atoms with Gasteiger partial charge in [-0.1, -0.05) is 6.07 Å². The fourth-order valence-corrected chi connectivity index (χ4v) is 1.40. The molecule has 0 saturated carbocycles. The summed E-state index contributed by atoms with van der Waals surface area (Å²) in [6.07, 6.45) is 0.849. The molecule has 0 aliphatic carbocycles. The summed E-state index contributed by atoms with van der Waals surface area (Å²) in [5, 5.41) is 4.96. The molecule has 0 radical (unpaired) electrons. The number of benzene rings is 1. The molecule has 0 bridgehead atoms. The van der Waals surface area contributed by atoms with Gasteiger partial charge in [0.05, 0.1) is 6.54 Å². The highest BCUT2D eigenvalue weighted by molar-refractivity contribution is 5.94. The number of rotatable bonds is 6. The third-order valence-electron chi connectivity index (χ3n) is 2.38. The molecule has 0 fully saturated rings. The lowest BCUT2D eigenvalue weighted by Crippen LogP contribution is -2.33. The number of halogens is 1. The second-order valence-electron chi connectivity index (χ2n) is 4.35. The Labute approximate surface area is 111 Å². The Kier molecular flexibility index (Phi) is 5.95. The van der Waals surface area contributed by atoms with Crippen molar-refractivity contribution >= 4 is 17.5 Å². The monoisotopic (exact) mass is 267 g/mol. The predicted molar refractivity (Wildman–Crippen MR) is 70.9 cm³/mol. The Morgan fingerprint density at radius 1 is 1.37 bits per heavy atom. The van der Waals surface area contributed by atoms with E-state index in [2.05, 4.69) is 10.6 Å². The summed E-state index contributed by atoms with van der Waals surface area (Å²) in [5.41, 5.74) is 5.87. The summed E-state index contributed by atoms with van der Waals surface area (Å²) in [6.45, 7) is 1.66. The molecule has 0 aromatic heterocycles. The lowest BCUT2D eigenvalue weighted by molar-refractivity contribution is -0.124. The van der Waals surface area contributed by atoms with Crippen molar-refractivity contribution in [3.05, 3.63) is 30.1 Å². The standard InChI is InChI=1S/C13H18FN3O2/c1-9(15)5-6-12(18)16-8-13(19)17-11-4-2-3-10(14)7-11/h2-4,7,9H,5-6,8,15H2,1H3,(H,16,18)(H,17,19). The SMILES string of the molecule is CC(N)CCC(=O)NCC(=O)Nc1cccc(F)c1. The zero-order valence-corrected chi connectivity index (χ0v) is 10.8. The molecule has 0 heterocycles. The highest BCUT2D eigenvalue weighted by Crippen LogP contribution is 2.08. The summed E-state index contributed by atoms with van der Waals surface area (Å²) >= 11 is 0. The second-order valence-corrected chi connectivity index (χ2v) is 4.35. The van der Waals surface area contributed by atoms with Gasteiger partial charge in [-0.05, 0) is 31.5 Å². The molecule has 5 nitrogen and oxygen atoms in total. The molecule has 2 amide bonds. The van der Waals surface area contributed by atoms with Gasteiger partial charge in [-0.15, -0.1) is 0 Å². The Morgan fingerprint density at radius 2 is 2.11 bits per heavy atom. The molecule has 104 valence electrons. The number of anilines is 1. The van der Waals surface area contributed by atoms with Crippen molar-refractivity contribution in [3.8, 4) is 0 Å². The van der Waals surface area contributed by atoms with Gasteiger partial charge in [0.25, 0.3) is 0 Å². The van der Waals surface area contributed by atoms with Gasteiger partial charge >= 0.3 is 0 Å². The van der Waals surface area contributed by atoms with Crippen LogP contribution >= 0.6 is 0 Å². The number of hydrogen-bond acceptors (Lipinski definition) is 3. The molecule has 0 spiro atoms. The van der Waals surface area contributed by atoms with Crippen LogP contribution in [0.1, 0.15) is 19.8 Å². The third-order valence-corrected chi connectivity index (χ3v) is 2.38. The van der Waals surface area contributed by atoms with Crippen molar-refractivity contribution in [2.45, 2.75) is 25.8 Å². The summed E-state index contributed by atoms with van der Waals surface area (Å²) in [5.74, 6) is -1.06. The van der Waals surface area contributed by atoms with Gasteiger partial charge in [-0.25, -0.2) is 4.39 Å². The highest BCUT2D eigenvalue weighted by Gasteiger charge is 2.07. The van der Waals surface area contributed by atoms with Crippen LogP contribution in [0, 0.1) is 5.82 Å². The Balaban J connectivity index is 2.30. The van der Waals surface area contributed by atoms with E-state index in [0.717, 1.165) is 0 Å². The van der Waals surface area contributed by atoms with E-state index in [4.69, 9.17) is 5.73 Å². The van der Waals surface area contributed by atoms with Gasteiger partial charge in [0.15, 0.2) is 0 Å². The lowest BCUT2D eigenvalue weighted by atomic mass is 10.2. The van der Waals surface area contributed by atoms with Crippen LogP contribution in [0.4, 0.5) is 10.1 Å². The first kappa shape index (κ1) is 15.1. The van der Waals surface area contributed by atoms with Crippen molar-refractivity contribution in [2.24, 2.45) is 5.73 Å². The van der Waals surface area contributed by atoms with Gasteiger partial charge in [0.2, 0.25) is 11.8 Å². The van der Waals surface area contributed by atoms with E-state index in [0.29, 0.717) is 12.1 Å². The average molecular weight is 267 g/mol. The van der Waals surface area contributed by atoms with Crippen molar-refractivity contribution in [1.82, 2.24) is 5.32 Å². The normalized spacial score (nSPS) is 11.7. The maximum atomic E-state index is 12.9. The van der Waals surface area contributed by atoms with Crippen molar-refractivity contribution in [2.75, 3.05) is 11.9 Å². The van der Waals surface area contributed by atoms with Gasteiger partial charge < -0.3 is 16.4 Å². The van der Waals surface area contributed by atoms with Gasteiger partial charge in [0.1, 0.15) is 5.82 Å². The first-order chi connectivity index (χ1) is 8.97. The second kappa shape index (κ2) is 7.48. The topological polar surface area (TPSA) is 84.2 Å². The Bertz CT molecular complexity index is 449. The predicted octanol–water partition coefficient (Wildman–Crippen LogP) is 1.01. The Morgan fingerprint density at radius 3 is 2.74 bits per heavy atom. The molecule has 6 heteroatoms. The summed E-state index contributed by atoms with van der Waals surface area (Å²) in [6, 6.07) is 5.50. The first-order valence-electron chi connectivity index (χ1n) is 6.05. The number of nitrogens with one attached hydrogen (secondary N) is 2. The van der Waals surface area contributed by atoms with Gasteiger partial charge in [0, 0.05) is 18.2 Å². The van der Waals surface area contributed by atoms with E-state index < -0.39 is 11.7 Å². The van der Waals surface area contributed by atoms with Crippen LogP contribution in [0.15, 0.2) is 24.3 Å². The maximum absolute atomic E-state index is 12.9. The van der Waals surface area contributed by atoms with E-state index in [9.17, 15) is 14.0 Å². The van der Waals surface area contributed by atoms with Crippen molar-refractivity contribution in [3.63, 3.8) is 0 Å². The van der Waals surface area contributed by atoms with Crippen LogP contribution < -0.4 is 16.4 Å². The van der Waals surface area contributed by atoms with E-state index in [1.54, 1.807) is 6.07 Å². The van der Waals surface area contributed by atoms with Crippen molar-refractivity contribution < 1.29 is 14.0 Å². The molecular formula is C13H18FN3O2. The zero-order chi connectivity index (χ0) is 14.3. The fourth-order valence-electron chi connectivity index (χ4n) is 1.40. The molecule has 0 aliphatic rings. The molecule has 4 N–H and O–H groups in total. The largest absolute Gasteiger partial charge is 0.347 e. The summed E-state index contributed by atoms with van der Waals surface area (Å²) < 4.78 is 12.9. The minimum Gasteiger partial charge on any atom is -0.347 e. The molecule has 1 unspecified atom stereocenters. The van der Waals surface area contributed by atoms with Gasteiger partial charge in [-0.3, -0.25) is 9.59 Å². The van der Waals surface area contributed by atoms with Crippen LogP contribution in [0.25, 0.3) is 0 Å². The van der Waals surface area contributed by atoms with E-state index >= 15 is 0 Å². The number of carbonyl (C=O) groups is 2. The fraction of sp³-hybridized carbons (Fsp3) is 0.385. The molecular weight excluding hydrogens is 249 g/mol. The quantitative estimate of drug-likeness (QED) is 0.719. The van der Waals surface area contributed by atoms with Crippen LogP contribution in [0.3, 0.4) is 0 Å². The Hall–Kier alpha value is -1.95. The molecule has 0 saturated heterocycles. The van der Waals surface area contributed by atoms with Crippen LogP contribution in [0.5, 0.6) is 0 Å². The molecule has 19 heavy (non-hydrogen) atoms. The number of hydrogen-bond donors (Lipinski definition) is 3. The minimum absolute atomic E-state index is 0.0492. The smallest absolute Gasteiger partial charge is 0.243 e. The molecule has 1 aromatic carbocycles. The van der Waals surface area contributed by atoms with Crippen LogP contribution in [-0.4, -0.2) is 24.4 Å². The number of amides is 2. The van der Waals surface area contributed by atoms with E-state index in [-0.39, 0.29) is 24.9 Å². The van der Waals surface area contributed by atoms with E-state index in [1.807, 2.05) is 6.92 Å². The maximum Gasteiger partial charge on any atom is 0.243 e. The molecule has 0 aliphatic heterocycles. The molecule has 1 atom stereocenters. The van der Waals surface area contributed by atoms with Crippen LogP contribution in [-0.2, 0) is 9.59 Å². The summed E-state index contributed by atoms with van der Waals surface area (Å²) in [4.78, 5) is 22.8. The average Bonchev–Trinajstić information content (AvgIpc) is 2.34. The van der Waals surface area contributed by atoms with Gasteiger partial charge in [-0.2, -0.15) is 0 Å². The first-order valence-corrected chi connectivity index (χ1v) is 6.05. The van der Waals surface area contributed by atoms with Crippen LogP contribution in [0.2, 0.25) is 0 Å². The zero-order valence-electron chi connectivity index (χ0n) is 10.8. The summed E-state index contributed by atoms with van der Waals surface area (Å²) in [7, 11) is 0. The highest BCUT2D eigenvalue weighted by atomic mass is 19.1. The van der Waals surface area contributed by atoms with Crippen molar-refractivity contribution in [1.29, 1.82) is 0 Å². The third kappa shape index (κ3) is 6.52. The molecule has 1 rings (SSSR count). The van der Waals surface area contributed by atoms with E-state index in [1.165, 1.54) is 18.2 Å². The number of carbonyl (C=O) groups excluding carboxylic acids is 2.